The van der Waals surface area contributed by atoms with Crippen molar-refractivity contribution in [3.8, 4) is 5.75 Å². The summed E-state index contributed by atoms with van der Waals surface area (Å²) in [5.41, 5.74) is 2.78. The van der Waals surface area contributed by atoms with E-state index in [1.165, 1.54) is 12.1 Å². The van der Waals surface area contributed by atoms with E-state index in [4.69, 9.17) is 4.74 Å². The molecule has 1 fully saturated rings. The zero-order chi connectivity index (χ0) is 20.9. The molecule has 5 heteroatoms. The number of benzene rings is 3. The Kier molecular flexibility index (Phi) is 6.10. The van der Waals surface area contributed by atoms with Crippen molar-refractivity contribution in [1.82, 2.24) is 4.90 Å². The van der Waals surface area contributed by atoms with Crippen molar-refractivity contribution in [2.24, 2.45) is 0 Å². The minimum absolute atomic E-state index is 0.317. The lowest BCUT2D eigenvalue weighted by Crippen LogP contribution is -2.39. The quantitative estimate of drug-likeness (QED) is 0.598. The second-order valence-corrected chi connectivity index (χ2v) is 7.50. The van der Waals surface area contributed by atoms with E-state index >= 15 is 0 Å². The third-order valence-corrected chi connectivity index (χ3v) is 5.55. The van der Waals surface area contributed by atoms with E-state index in [-0.39, 0.29) is 11.9 Å². The molecule has 1 N–H and O–H groups in total. The summed E-state index contributed by atoms with van der Waals surface area (Å²) in [4.78, 5) is 13.9. The van der Waals surface area contributed by atoms with Gasteiger partial charge in [-0.15, -0.1) is 0 Å². The Morgan fingerprint density at radius 1 is 1.03 bits per heavy atom. The number of carbonyl (C=O) groups is 1. The fourth-order valence-electron chi connectivity index (χ4n) is 4.13. The van der Waals surface area contributed by atoms with Gasteiger partial charge in [0.25, 0.3) is 0 Å². The largest absolute Gasteiger partial charge is 0.489 e. The van der Waals surface area contributed by atoms with Crippen molar-refractivity contribution >= 4 is 5.97 Å². The number of halogens is 1. The number of rotatable bonds is 7. The molecular formula is C25H24FNO3. The van der Waals surface area contributed by atoms with Gasteiger partial charge in [0.1, 0.15) is 24.2 Å². The van der Waals surface area contributed by atoms with Gasteiger partial charge in [-0.1, -0.05) is 60.7 Å². The standard InChI is InChI=1S/C25H24FNO3/c26-20-14-12-19(13-15-20)24(27-16-6-10-22(27)25(28)29)21-9-4-5-11-23(21)30-17-18-7-2-1-3-8-18/h1-5,7-9,11-15,22,24H,6,10,16-17H2,(H,28,29). The van der Waals surface area contributed by atoms with Crippen molar-refractivity contribution in [1.29, 1.82) is 0 Å². The Morgan fingerprint density at radius 2 is 1.73 bits per heavy atom. The van der Waals surface area contributed by atoms with Crippen LogP contribution in [-0.2, 0) is 11.4 Å². The first-order valence-corrected chi connectivity index (χ1v) is 10.1. The zero-order valence-electron chi connectivity index (χ0n) is 16.6. The number of hydrogen-bond donors (Lipinski definition) is 1. The topological polar surface area (TPSA) is 49.8 Å². The molecule has 3 aromatic carbocycles. The molecule has 30 heavy (non-hydrogen) atoms. The Hall–Kier alpha value is -3.18. The lowest BCUT2D eigenvalue weighted by Gasteiger charge is -2.33. The summed E-state index contributed by atoms with van der Waals surface area (Å²) in [5.74, 6) is -0.448. The van der Waals surface area contributed by atoms with Crippen molar-refractivity contribution in [3.05, 3.63) is 101 Å². The van der Waals surface area contributed by atoms with Crippen molar-refractivity contribution < 1.29 is 19.0 Å². The van der Waals surface area contributed by atoms with Crippen LogP contribution in [0.15, 0.2) is 78.9 Å². The highest BCUT2D eigenvalue weighted by Crippen LogP contribution is 2.39. The molecule has 0 aliphatic carbocycles. The monoisotopic (exact) mass is 405 g/mol. The highest BCUT2D eigenvalue weighted by molar-refractivity contribution is 5.74. The number of aliphatic carboxylic acids is 1. The number of para-hydroxylation sites is 1. The van der Waals surface area contributed by atoms with Gasteiger partial charge in [0.15, 0.2) is 0 Å². The molecule has 2 unspecified atom stereocenters. The van der Waals surface area contributed by atoms with Crippen molar-refractivity contribution in [2.75, 3.05) is 6.54 Å². The van der Waals surface area contributed by atoms with Crippen LogP contribution in [0, 0.1) is 5.82 Å². The molecular weight excluding hydrogens is 381 g/mol. The third-order valence-electron chi connectivity index (χ3n) is 5.55. The first kappa shape index (κ1) is 20.1. The van der Waals surface area contributed by atoms with E-state index in [2.05, 4.69) is 0 Å². The van der Waals surface area contributed by atoms with Crippen LogP contribution in [0.1, 0.15) is 35.6 Å². The van der Waals surface area contributed by atoms with Gasteiger partial charge in [0.2, 0.25) is 0 Å². The molecule has 154 valence electrons. The molecule has 0 amide bonds. The minimum Gasteiger partial charge on any atom is -0.489 e. The van der Waals surface area contributed by atoms with E-state index in [0.29, 0.717) is 25.3 Å². The van der Waals surface area contributed by atoms with Crippen LogP contribution in [0.2, 0.25) is 0 Å². The van der Waals surface area contributed by atoms with Crippen LogP contribution in [-0.4, -0.2) is 28.6 Å². The first-order valence-electron chi connectivity index (χ1n) is 10.1. The summed E-state index contributed by atoms with van der Waals surface area (Å²) in [6, 6.07) is 23.0. The van der Waals surface area contributed by atoms with Gasteiger partial charge in [-0.2, -0.15) is 0 Å². The number of likely N-dealkylation sites (tertiary alicyclic amines) is 1. The molecule has 1 aliphatic heterocycles. The normalized spacial score (nSPS) is 17.6. The van der Waals surface area contributed by atoms with E-state index < -0.39 is 12.0 Å². The average molecular weight is 405 g/mol. The van der Waals surface area contributed by atoms with Crippen molar-refractivity contribution in [2.45, 2.75) is 31.5 Å². The maximum Gasteiger partial charge on any atom is 0.320 e. The summed E-state index contributed by atoms with van der Waals surface area (Å²) in [6.45, 7) is 1.07. The molecule has 1 aliphatic rings. The smallest absolute Gasteiger partial charge is 0.320 e. The zero-order valence-corrected chi connectivity index (χ0v) is 16.6. The lowest BCUT2D eigenvalue weighted by molar-refractivity contribution is -0.142. The van der Waals surface area contributed by atoms with Gasteiger partial charge < -0.3 is 9.84 Å². The number of carboxylic acids is 1. The maximum absolute atomic E-state index is 13.6. The summed E-state index contributed by atoms with van der Waals surface area (Å²) in [7, 11) is 0. The number of nitrogens with zero attached hydrogens (tertiary/aromatic N) is 1. The average Bonchev–Trinajstić information content (AvgIpc) is 3.25. The molecule has 0 saturated carbocycles. The van der Waals surface area contributed by atoms with Crippen LogP contribution >= 0.6 is 0 Å². The molecule has 1 heterocycles. The van der Waals surface area contributed by atoms with Gasteiger partial charge in [-0.3, -0.25) is 9.69 Å². The predicted octanol–water partition coefficient (Wildman–Crippen LogP) is 5.04. The van der Waals surface area contributed by atoms with E-state index in [9.17, 15) is 14.3 Å². The lowest BCUT2D eigenvalue weighted by atomic mass is 9.95. The molecule has 4 nitrogen and oxygen atoms in total. The fourth-order valence-corrected chi connectivity index (χ4v) is 4.13. The molecule has 0 spiro atoms. The minimum atomic E-state index is -0.831. The highest BCUT2D eigenvalue weighted by Gasteiger charge is 2.37. The highest BCUT2D eigenvalue weighted by atomic mass is 19.1. The summed E-state index contributed by atoms with van der Waals surface area (Å²) < 4.78 is 19.7. The second-order valence-electron chi connectivity index (χ2n) is 7.50. The summed E-state index contributed by atoms with van der Waals surface area (Å²) in [6.07, 6.45) is 1.40. The first-order chi connectivity index (χ1) is 14.6. The molecule has 1 saturated heterocycles. The molecule has 0 bridgehead atoms. The van der Waals surface area contributed by atoms with E-state index in [1.54, 1.807) is 12.1 Å². The molecule has 0 radical (unpaired) electrons. The molecule has 2 atom stereocenters. The number of hydrogen-bond acceptors (Lipinski definition) is 3. The second kappa shape index (κ2) is 9.09. The Bertz CT molecular complexity index is 991. The van der Waals surface area contributed by atoms with E-state index in [0.717, 1.165) is 23.1 Å². The maximum atomic E-state index is 13.6. The van der Waals surface area contributed by atoms with Gasteiger partial charge in [-0.25, -0.2) is 4.39 Å². The molecule has 0 aromatic heterocycles. The summed E-state index contributed by atoms with van der Waals surface area (Å²) in [5, 5.41) is 9.76. The van der Waals surface area contributed by atoms with Crippen LogP contribution in [0.5, 0.6) is 5.75 Å². The van der Waals surface area contributed by atoms with Crippen LogP contribution < -0.4 is 4.74 Å². The van der Waals surface area contributed by atoms with Gasteiger partial charge in [-0.05, 0) is 42.2 Å². The van der Waals surface area contributed by atoms with E-state index in [1.807, 2.05) is 59.5 Å². The number of carboxylic acid groups (broad SMARTS) is 1. The SMILES string of the molecule is O=C(O)C1CCCN1C(c1ccc(F)cc1)c1ccccc1OCc1ccccc1. The van der Waals surface area contributed by atoms with Gasteiger partial charge in [0.05, 0.1) is 6.04 Å². The summed E-state index contributed by atoms with van der Waals surface area (Å²) >= 11 is 0. The molecule has 4 rings (SSSR count). The molecule has 3 aromatic rings. The van der Waals surface area contributed by atoms with Crippen LogP contribution in [0.3, 0.4) is 0 Å². The van der Waals surface area contributed by atoms with Gasteiger partial charge in [0, 0.05) is 12.1 Å². The number of ether oxygens (including phenoxy) is 1. The Morgan fingerprint density at radius 3 is 2.47 bits per heavy atom. The Balaban J connectivity index is 1.72. The van der Waals surface area contributed by atoms with Crippen LogP contribution in [0.4, 0.5) is 4.39 Å². The van der Waals surface area contributed by atoms with Crippen LogP contribution in [0.25, 0.3) is 0 Å². The van der Waals surface area contributed by atoms with Gasteiger partial charge >= 0.3 is 5.97 Å². The Labute approximate surface area is 175 Å². The van der Waals surface area contributed by atoms with Crippen molar-refractivity contribution in [3.63, 3.8) is 0 Å². The predicted molar refractivity (Wildman–Crippen MR) is 113 cm³/mol. The third kappa shape index (κ3) is 4.36. The fraction of sp³-hybridized carbons (Fsp3) is 0.240.